The normalized spacial score (nSPS) is 25.3. The van der Waals surface area contributed by atoms with E-state index < -0.39 is 0 Å². The SMILES string of the molecule is O=C1CC[C@@H](n2ccc3c(N4CCC5(CC4)OCCO5)cccc32)C(=O)N1. The lowest BCUT2D eigenvalue weighted by Crippen LogP contribution is -2.45. The molecule has 1 atom stereocenters. The van der Waals surface area contributed by atoms with Gasteiger partial charge in [0.25, 0.3) is 0 Å². The van der Waals surface area contributed by atoms with E-state index in [0.29, 0.717) is 26.1 Å². The van der Waals surface area contributed by atoms with Crippen LogP contribution < -0.4 is 10.2 Å². The Bertz CT molecular complexity index is 890. The van der Waals surface area contributed by atoms with Crippen molar-refractivity contribution in [3.63, 3.8) is 0 Å². The highest BCUT2D eigenvalue weighted by atomic mass is 16.7. The first-order chi connectivity index (χ1) is 13.2. The van der Waals surface area contributed by atoms with E-state index in [1.807, 2.05) is 22.9 Å². The summed E-state index contributed by atoms with van der Waals surface area (Å²) in [4.78, 5) is 26.1. The van der Waals surface area contributed by atoms with Gasteiger partial charge in [-0.1, -0.05) is 6.07 Å². The smallest absolute Gasteiger partial charge is 0.249 e. The fourth-order valence-electron chi connectivity index (χ4n) is 4.54. The topological polar surface area (TPSA) is 72.8 Å². The summed E-state index contributed by atoms with van der Waals surface area (Å²) in [5.74, 6) is -0.792. The second-order valence-electron chi connectivity index (χ2n) is 7.49. The molecule has 27 heavy (non-hydrogen) atoms. The summed E-state index contributed by atoms with van der Waals surface area (Å²) in [5, 5.41) is 3.58. The lowest BCUT2D eigenvalue weighted by Gasteiger charge is -2.39. The van der Waals surface area contributed by atoms with Crippen LogP contribution in [0.4, 0.5) is 5.69 Å². The van der Waals surface area contributed by atoms with Gasteiger partial charge < -0.3 is 18.9 Å². The molecule has 1 spiro atoms. The van der Waals surface area contributed by atoms with E-state index in [0.717, 1.165) is 36.8 Å². The van der Waals surface area contributed by atoms with Gasteiger partial charge in [0.1, 0.15) is 6.04 Å². The fourth-order valence-corrected chi connectivity index (χ4v) is 4.54. The zero-order chi connectivity index (χ0) is 18.4. The van der Waals surface area contributed by atoms with Crippen LogP contribution in [0.3, 0.4) is 0 Å². The molecule has 1 aromatic heterocycles. The predicted molar refractivity (Wildman–Crippen MR) is 99.4 cm³/mol. The number of piperidine rings is 2. The molecule has 3 aliphatic heterocycles. The first-order valence-electron chi connectivity index (χ1n) is 9.61. The highest BCUT2D eigenvalue weighted by molar-refractivity contribution is 6.01. The van der Waals surface area contributed by atoms with Crippen LogP contribution in [0.1, 0.15) is 31.7 Å². The average molecular weight is 369 g/mol. The van der Waals surface area contributed by atoms with Crippen molar-refractivity contribution in [3.05, 3.63) is 30.5 Å². The van der Waals surface area contributed by atoms with E-state index in [1.54, 1.807) is 0 Å². The molecule has 1 aromatic carbocycles. The molecule has 7 heteroatoms. The summed E-state index contributed by atoms with van der Waals surface area (Å²) in [6.07, 6.45) is 4.60. The lowest BCUT2D eigenvalue weighted by atomic mass is 10.0. The first-order valence-corrected chi connectivity index (χ1v) is 9.61. The van der Waals surface area contributed by atoms with Crippen molar-refractivity contribution in [1.29, 1.82) is 0 Å². The minimum Gasteiger partial charge on any atom is -0.371 e. The number of anilines is 1. The predicted octanol–water partition coefficient (Wildman–Crippen LogP) is 1.96. The summed E-state index contributed by atoms with van der Waals surface area (Å²) in [5.41, 5.74) is 2.20. The first kappa shape index (κ1) is 16.8. The highest BCUT2D eigenvalue weighted by Crippen LogP contribution is 2.37. The van der Waals surface area contributed by atoms with E-state index in [-0.39, 0.29) is 23.6 Å². The molecule has 3 fully saturated rings. The van der Waals surface area contributed by atoms with Gasteiger partial charge in [0.2, 0.25) is 11.8 Å². The van der Waals surface area contributed by atoms with Crippen molar-refractivity contribution < 1.29 is 19.1 Å². The maximum atomic E-state index is 12.3. The Morgan fingerprint density at radius 3 is 2.59 bits per heavy atom. The maximum Gasteiger partial charge on any atom is 0.249 e. The van der Waals surface area contributed by atoms with Gasteiger partial charge >= 0.3 is 0 Å². The number of benzene rings is 1. The fraction of sp³-hybridized carbons (Fsp3) is 0.500. The number of fused-ring (bicyclic) bond motifs is 1. The van der Waals surface area contributed by atoms with Crippen LogP contribution in [0, 0.1) is 0 Å². The molecule has 3 saturated heterocycles. The van der Waals surface area contributed by atoms with Gasteiger partial charge in [0.15, 0.2) is 5.79 Å². The van der Waals surface area contributed by atoms with Crippen molar-refractivity contribution in [3.8, 4) is 0 Å². The average Bonchev–Trinajstić information content (AvgIpc) is 3.30. The standard InChI is InChI=1S/C20H23N3O4/c24-18-5-4-17(19(25)21-18)23-9-6-14-15(2-1-3-16(14)23)22-10-7-20(8-11-22)26-12-13-27-20/h1-3,6,9,17H,4-5,7-8,10-13H2,(H,21,24,25)/t17-/m1/s1. The zero-order valence-electron chi connectivity index (χ0n) is 15.1. The molecule has 4 heterocycles. The van der Waals surface area contributed by atoms with Crippen LogP contribution in [0.25, 0.3) is 10.9 Å². The molecular formula is C20H23N3O4. The summed E-state index contributed by atoms with van der Waals surface area (Å²) in [7, 11) is 0. The number of carbonyl (C=O) groups excluding carboxylic acids is 2. The molecule has 2 aromatic rings. The third-order valence-corrected chi connectivity index (χ3v) is 5.97. The molecule has 1 N–H and O–H groups in total. The molecule has 0 bridgehead atoms. The minimum atomic E-state index is -0.386. The number of rotatable bonds is 2. The van der Waals surface area contributed by atoms with Gasteiger partial charge in [-0.25, -0.2) is 0 Å². The summed E-state index contributed by atoms with van der Waals surface area (Å²) in [6, 6.07) is 7.94. The van der Waals surface area contributed by atoms with Gasteiger partial charge in [-0.2, -0.15) is 0 Å². The number of hydrogen-bond acceptors (Lipinski definition) is 5. The van der Waals surface area contributed by atoms with Crippen molar-refractivity contribution in [2.75, 3.05) is 31.2 Å². The number of amides is 2. The van der Waals surface area contributed by atoms with Crippen LogP contribution in [0.15, 0.2) is 30.5 Å². The van der Waals surface area contributed by atoms with Crippen molar-refractivity contribution in [2.45, 2.75) is 37.5 Å². The Hall–Kier alpha value is -2.38. The molecular weight excluding hydrogens is 346 g/mol. The monoisotopic (exact) mass is 369 g/mol. The Balaban J connectivity index is 1.43. The number of ether oxygens (including phenoxy) is 2. The van der Waals surface area contributed by atoms with E-state index in [1.165, 1.54) is 5.69 Å². The second kappa shape index (κ2) is 6.35. The Morgan fingerprint density at radius 2 is 1.85 bits per heavy atom. The maximum absolute atomic E-state index is 12.3. The molecule has 3 aliphatic rings. The number of carbonyl (C=O) groups is 2. The van der Waals surface area contributed by atoms with E-state index in [2.05, 4.69) is 22.3 Å². The largest absolute Gasteiger partial charge is 0.371 e. The van der Waals surface area contributed by atoms with E-state index in [4.69, 9.17) is 9.47 Å². The minimum absolute atomic E-state index is 0.188. The molecule has 5 rings (SSSR count). The Labute approximate surface area is 157 Å². The Kier molecular flexibility index (Phi) is 3.94. The van der Waals surface area contributed by atoms with Crippen LogP contribution in [-0.2, 0) is 19.1 Å². The number of aromatic nitrogens is 1. The number of nitrogens with zero attached hydrogens (tertiary/aromatic N) is 2. The molecule has 2 amide bonds. The summed E-state index contributed by atoms with van der Waals surface area (Å²) >= 11 is 0. The molecule has 0 saturated carbocycles. The van der Waals surface area contributed by atoms with Crippen LogP contribution in [0.2, 0.25) is 0 Å². The highest BCUT2D eigenvalue weighted by Gasteiger charge is 2.40. The molecule has 0 aliphatic carbocycles. The van der Waals surface area contributed by atoms with Crippen molar-refractivity contribution in [1.82, 2.24) is 9.88 Å². The van der Waals surface area contributed by atoms with Crippen LogP contribution in [-0.4, -0.2) is 48.5 Å². The van der Waals surface area contributed by atoms with Gasteiger partial charge in [0.05, 0.1) is 18.7 Å². The number of nitrogens with one attached hydrogen (secondary N) is 1. The van der Waals surface area contributed by atoms with Crippen molar-refractivity contribution in [2.24, 2.45) is 0 Å². The third-order valence-electron chi connectivity index (χ3n) is 5.97. The Morgan fingerprint density at radius 1 is 1.07 bits per heavy atom. The molecule has 0 radical (unpaired) electrons. The van der Waals surface area contributed by atoms with Crippen molar-refractivity contribution >= 4 is 28.4 Å². The number of imide groups is 1. The second-order valence-corrected chi connectivity index (χ2v) is 7.49. The summed E-state index contributed by atoms with van der Waals surface area (Å²) in [6.45, 7) is 3.13. The van der Waals surface area contributed by atoms with Crippen LogP contribution in [0.5, 0.6) is 0 Å². The van der Waals surface area contributed by atoms with Gasteiger partial charge in [0, 0.05) is 49.6 Å². The van der Waals surface area contributed by atoms with Gasteiger partial charge in [-0.15, -0.1) is 0 Å². The van der Waals surface area contributed by atoms with E-state index >= 15 is 0 Å². The molecule has 142 valence electrons. The summed E-state index contributed by atoms with van der Waals surface area (Å²) < 4.78 is 13.7. The third kappa shape index (κ3) is 2.82. The zero-order valence-corrected chi connectivity index (χ0v) is 15.1. The lowest BCUT2D eigenvalue weighted by molar-refractivity contribution is -0.169. The van der Waals surface area contributed by atoms with Crippen LogP contribution >= 0.6 is 0 Å². The molecule has 0 unspecified atom stereocenters. The number of hydrogen-bond donors (Lipinski definition) is 1. The quantitative estimate of drug-likeness (QED) is 0.820. The molecule has 7 nitrogen and oxygen atoms in total. The van der Waals surface area contributed by atoms with Gasteiger partial charge in [-0.3, -0.25) is 14.9 Å². The van der Waals surface area contributed by atoms with Gasteiger partial charge in [-0.05, 0) is 24.6 Å². The van der Waals surface area contributed by atoms with E-state index in [9.17, 15) is 9.59 Å².